The van der Waals surface area contributed by atoms with Gasteiger partial charge in [0.25, 0.3) is 0 Å². The zero-order chi connectivity index (χ0) is 13.9. The van der Waals surface area contributed by atoms with Crippen LogP contribution >= 0.6 is 0 Å². The minimum absolute atomic E-state index is 0.0120. The van der Waals surface area contributed by atoms with E-state index in [4.69, 9.17) is 4.74 Å². The van der Waals surface area contributed by atoms with Crippen LogP contribution in [0.15, 0.2) is 24.3 Å². The van der Waals surface area contributed by atoms with E-state index in [0.717, 1.165) is 31.7 Å². The highest BCUT2D eigenvalue weighted by Gasteiger charge is 2.41. The molecule has 19 heavy (non-hydrogen) atoms. The second kappa shape index (κ2) is 5.51. The van der Waals surface area contributed by atoms with Crippen molar-refractivity contribution in [2.75, 3.05) is 26.8 Å². The van der Waals surface area contributed by atoms with Crippen molar-refractivity contribution in [2.45, 2.75) is 32.1 Å². The van der Waals surface area contributed by atoms with Crippen molar-refractivity contribution in [3.05, 3.63) is 29.8 Å². The van der Waals surface area contributed by atoms with Gasteiger partial charge in [-0.1, -0.05) is 32.0 Å². The fraction of sp³-hybridized carbons (Fsp3) is 0.625. The van der Waals surface area contributed by atoms with E-state index in [1.807, 2.05) is 12.1 Å². The van der Waals surface area contributed by atoms with Crippen molar-refractivity contribution < 1.29 is 9.84 Å². The number of hydrogen-bond acceptors (Lipinski definition) is 3. The van der Waals surface area contributed by atoms with Gasteiger partial charge in [0.2, 0.25) is 0 Å². The Balaban J connectivity index is 1.97. The molecule has 0 heterocycles. The predicted molar refractivity (Wildman–Crippen MR) is 77.6 cm³/mol. The summed E-state index contributed by atoms with van der Waals surface area (Å²) in [6, 6.07) is 8.18. The molecule has 2 rings (SSSR count). The van der Waals surface area contributed by atoms with E-state index in [0.29, 0.717) is 6.61 Å². The Hall–Kier alpha value is -1.06. The molecule has 1 aromatic rings. The van der Waals surface area contributed by atoms with Crippen LogP contribution in [-0.4, -0.2) is 31.9 Å². The molecular formula is C16H25NO2. The Labute approximate surface area is 116 Å². The number of aliphatic hydroxyl groups excluding tert-OH is 1. The molecule has 1 aromatic carbocycles. The summed E-state index contributed by atoms with van der Waals surface area (Å²) in [6.07, 6.45) is 2.29. The van der Waals surface area contributed by atoms with Crippen LogP contribution in [0, 0.1) is 5.41 Å². The maximum atomic E-state index is 9.33. The molecule has 0 unspecified atom stereocenters. The van der Waals surface area contributed by atoms with E-state index in [1.54, 1.807) is 7.11 Å². The zero-order valence-electron chi connectivity index (χ0n) is 12.2. The fourth-order valence-corrected chi connectivity index (χ4v) is 2.51. The van der Waals surface area contributed by atoms with Gasteiger partial charge in [0.1, 0.15) is 5.75 Å². The van der Waals surface area contributed by atoms with E-state index in [1.165, 1.54) is 5.56 Å². The minimum atomic E-state index is 0.0120. The summed E-state index contributed by atoms with van der Waals surface area (Å²) in [5, 5.41) is 12.8. The maximum absolute atomic E-state index is 9.33. The van der Waals surface area contributed by atoms with Gasteiger partial charge in [-0.25, -0.2) is 0 Å². The number of nitrogens with one attached hydrogen (secondary N) is 1. The van der Waals surface area contributed by atoms with Gasteiger partial charge >= 0.3 is 0 Å². The van der Waals surface area contributed by atoms with Gasteiger partial charge in [-0.3, -0.25) is 0 Å². The fourth-order valence-electron chi connectivity index (χ4n) is 2.51. The summed E-state index contributed by atoms with van der Waals surface area (Å²) >= 11 is 0. The molecule has 3 heteroatoms. The highest BCUT2D eigenvalue weighted by Crippen LogP contribution is 2.44. The van der Waals surface area contributed by atoms with Crippen molar-refractivity contribution >= 4 is 0 Å². The third-order valence-corrected chi connectivity index (χ3v) is 4.20. The average molecular weight is 263 g/mol. The number of benzene rings is 1. The number of aliphatic hydroxyl groups is 1. The lowest BCUT2D eigenvalue weighted by Crippen LogP contribution is -2.37. The Morgan fingerprint density at radius 2 is 2.00 bits per heavy atom. The molecule has 0 amide bonds. The van der Waals surface area contributed by atoms with Crippen molar-refractivity contribution in [1.29, 1.82) is 0 Å². The molecule has 0 radical (unpaired) electrons. The molecule has 1 aliphatic carbocycles. The highest BCUT2D eigenvalue weighted by molar-refractivity contribution is 5.39. The second-order valence-corrected chi connectivity index (χ2v) is 6.35. The highest BCUT2D eigenvalue weighted by atomic mass is 16.5. The van der Waals surface area contributed by atoms with Gasteiger partial charge in [-0.05, 0) is 18.9 Å². The van der Waals surface area contributed by atoms with E-state index >= 15 is 0 Å². The van der Waals surface area contributed by atoms with Gasteiger partial charge in [0.05, 0.1) is 7.11 Å². The van der Waals surface area contributed by atoms with Crippen molar-refractivity contribution in [2.24, 2.45) is 5.41 Å². The van der Waals surface area contributed by atoms with Crippen LogP contribution in [0.5, 0.6) is 5.75 Å². The summed E-state index contributed by atoms with van der Waals surface area (Å²) < 4.78 is 5.44. The van der Waals surface area contributed by atoms with Gasteiger partial charge in [-0.2, -0.15) is 0 Å². The minimum Gasteiger partial charge on any atom is -0.496 e. The molecule has 1 fully saturated rings. The number of para-hydroxylation sites is 1. The second-order valence-electron chi connectivity index (χ2n) is 6.35. The quantitative estimate of drug-likeness (QED) is 0.793. The monoisotopic (exact) mass is 263 g/mol. The van der Waals surface area contributed by atoms with Gasteiger partial charge < -0.3 is 15.2 Å². The maximum Gasteiger partial charge on any atom is 0.122 e. The van der Waals surface area contributed by atoms with Crippen LogP contribution in [-0.2, 0) is 5.41 Å². The van der Waals surface area contributed by atoms with Gasteiger partial charge in [-0.15, -0.1) is 0 Å². The van der Waals surface area contributed by atoms with E-state index in [2.05, 4.69) is 31.3 Å². The Morgan fingerprint density at radius 1 is 1.32 bits per heavy atom. The normalized spacial score (nSPS) is 17.3. The van der Waals surface area contributed by atoms with Crippen molar-refractivity contribution in [3.8, 4) is 5.75 Å². The summed E-state index contributed by atoms with van der Waals surface area (Å²) in [5.41, 5.74) is 1.40. The molecule has 0 bridgehead atoms. The molecule has 3 nitrogen and oxygen atoms in total. The third kappa shape index (κ3) is 3.28. The van der Waals surface area contributed by atoms with Crippen LogP contribution in [0.2, 0.25) is 0 Å². The largest absolute Gasteiger partial charge is 0.496 e. The first-order valence-corrected chi connectivity index (χ1v) is 6.98. The van der Waals surface area contributed by atoms with Crippen LogP contribution in [0.1, 0.15) is 32.3 Å². The van der Waals surface area contributed by atoms with E-state index in [9.17, 15) is 5.11 Å². The molecule has 1 aliphatic rings. The first-order valence-electron chi connectivity index (χ1n) is 6.98. The van der Waals surface area contributed by atoms with Crippen LogP contribution < -0.4 is 10.1 Å². The Bertz CT molecular complexity index is 425. The molecule has 2 N–H and O–H groups in total. The molecule has 0 spiro atoms. The lowest BCUT2D eigenvalue weighted by molar-refractivity contribution is 0.205. The van der Waals surface area contributed by atoms with Crippen LogP contribution in [0.3, 0.4) is 0 Å². The zero-order valence-corrected chi connectivity index (χ0v) is 12.2. The molecular weight excluding hydrogens is 238 g/mol. The summed E-state index contributed by atoms with van der Waals surface area (Å²) in [6.45, 7) is 6.53. The summed E-state index contributed by atoms with van der Waals surface area (Å²) in [4.78, 5) is 0. The van der Waals surface area contributed by atoms with Crippen LogP contribution in [0.25, 0.3) is 0 Å². The van der Waals surface area contributed by atoms with E-state index in [-0.39, 0.29) is 10.8 Å². The Morgan fingerprint density at radius 3 is 2.58 bits per heavy atom. The molecule has 0 saturated heterocycles. The first-order chi connectivity index (χ1) is 9.03. The van der Waals surface area contributed by atoms with E-state index < -0.39 is 0 Å². The molecule has 0 aromatic heterocycles. The SMILES string of the molecule is COc1ccccc1C(C)(C)CNCC1(CO)CC1. The predicted octanol–water partition coefficient (Wildman–Crippen LogP) is 2.33. The Kier molecular flexibility index (Phi) is 4.16. The van der Waals surface area contributed by atoms with Gasteiger partial charge in [0.15, 0.2) is 0 Å². The average Bonchev–Trinajstić information content (AvgIpc) is 3.19. The lowest BCUT2D eigenvalue weighted by atomic mass is 9.83. The lowest BCUT2D eigenvalue weighted by Gasteiger charge is -2.28. The smallest absolute Gasteiger partial charge is 0.122 e. The summed E-state index contributed by atoms with van der Waals surface area (Å²) in [7, 11) is 1.72. The first kappa shape index (κ1) is 14.4. The standard InChI is InChI=1S/C16H25NO2/c1-15(2,10-17-11-16(12-18)8-9-16)13-6-4-5-7-14(13)19-3/h4-7,17-18H,8-12H2,1-3H3. The van der Waals surface area contributed by atoms with Gasteiger partial charge in [0, 0.05) is 36.1 Å². The van der Waals surface area contributed by atoms with Crippen molar-refractivity contribution in [1.82, 2.24) is 5.32 Å². The number of ether oxygens (including phenoxy) is 1. The number of rotatable bonds is 7. The number of methoxy groups -OCH3 is 1. The summed E-state index contributed by atoms with van der Waals surface area (Å²) in [5.74, 6) is 0.942. The molecule has 0 atom stereocenters. The third-order valence-electron chi connectivity index (χ3n) is 4.20. The molecule has 106 valence electrons. The molecule has 0 aliphatic heterocycles. The number of hydrogen-bond donors (Lipinski definition) is 2. The topological polar surface area (TPSA) is 41.5 Å². The van der Waals surface area contributed by atoms with Crippen LogP contribution in [0.4, 0.5) is 0 Å². The molecule has 1 saturated carbocycles. The van der Waals surface area contributed by atoms with Crippen molar-refractivity contribution in [3.63, 3.8) is 0 Å².